The largest absolute Gasteiger partial charge is 0.457 e. The second-order valence-electron chi connectivity index (χ2n) is 4.06. The zero-order chi connectivity index (χ0) is 13.7. The first kappa shape index (κ1) is 13.1. The van der Waals surface area contributed by atoms with Gasteiger partial charge in [-0.15, -0.1) is 0 Å². The lowest BCUT2D eigenvalue weighted by Crippen LogP contribution is -2.18. The van der Waals surface area contributed by atoms with Gasteiger partial charge in [-0.1, -0.05) is 19.1 Å². The number of ether oxygens (including phenoxy) is 1. The van der Waals surface area contributed by atoms with Crippen molar-refractivity contribution in [3.8, 4) is 11.5 Å². The van der Waals surface area contributed by atoms with Crippen LogP contribution in [0.3, 0.4) is 0 Å². The Kier molecular flexibility index (Phi) is 4.15. The summed E-state index contributed by atoms with van der Waals surface area (Å²) in [7, 11) is 0. The van der Waals surface area contributed by atoms with E-state index in [1.54, 1.807) is 29.7 Å². The molecule has 4 heteroatoms. The summed E-state index contributed by atoms with van der Waals surface area (Å²) in [6, 6.07) is 14.4. The van der Waals surface area contributed by atoms with Crippen LogP contribution in [0.15, 0.2) is 48.5 Å². The molecule has 4 nitrogen and oxygen atoms in total. The van der Waals surface area contributed by atoms with Gasteiger partial charge in [-0.05, 0) is 48.4 Å². The van der Waals surface area contributed by atoms with Crippen LogP contribution in [0.5, 0.6) is 11.5 Å². The monoisotopic (exact) mass is 257 g/mol. The van der Waals surface area contributed by atoms with Crippen molar-refractivity contribution in [1.29, 1.82) is 0 Å². The maximum atomic E-state index is 11.2. The van der Waals surface area contributed by atoms with Crippen molar-refractivity contribution in [3.63, 3.8) is 0 Å². The van der Waals surface area contributed by atoms with Gasteiger partial charge in [0.2, 0.25) is 0 Å². The minimum absolute atomic E-state index is 0.371. The lowest BCUT2D eigenvalue weighted by atomic mass is 10.2. The van der Waals surface area contributed by atoms with E-state index in [4.69, 9.17) is 9.94 Å². The van der Waals surface area contributed by atoms with E-state index in [1.165, 1.54) is 5.56 Å². The number of carbonyl (C=O) groups excluding carboxylic acids is 1. The number of nitrogens with one attached hydrogen (secondary N) is 1. The smallest absolute Gasteiger partial charge is 0.274 e. The van der Waals surface area contributed by atoms with Gasteiger partial charge in [-0.2, -0.15) is 0 Å². The zero-order valence-corrected chi connectivity index (χ0v) is 10.6. The number of benzene rings is 2. The highest BCUT2D eigenvalue weighted by molar-refractivity contribution is 5.93. The maximum Gasteiger partial charge on any atom is 0.274 e. The molecule has 1 amide bonds. The van der Waals surface area contributed by atoms with Gasteiger partial charge in [-0.25, -0.2) is 5.48 Å². The predicted octanol–water partition coefficient (Wildman–Crippen LogP) is 3.16. The topological polar surface area (TPSA) is 58.6 Å². The Hall–Kier alpha value is -2.33. The minimum atomic E-state index is -0.543. The Morgan fingerprint density at radius 2 is 1.58 bits per heavy atom. The molecule has 19 heavy (non-hydrogen) atoms. The molecule has 98 valence electrons. The van der Waals surface area contributed by atoms with Gasteiger partial charge in [-0.3, -0.25) is 10.0 Å². The molecule has 0 saturated carbocycles. The fourth-order valence-corrected chi connectivity index (χ4v) is 1.67. The van der Waals surface area contributed by atoms with Gasteiger partial charge >= 0.3 is 0 Å². The summed E-state index contributed by atoms with van der Waals surface area (Å²) >= 11 is 0. The van der Waals surface area contributed by atoms with E-state index in [0.717, 1.165) is 12.2 Å². The molecule has 2 aromatic rings. The van der Waals surface area contributed by atoms with E-state index in [1.807, 2.05) is 24.3 Å². The molecule has 0 aromatic heterocycles. The number of aryl methyl sites for hydroxylation is 1. The average molecular weight is 257 g/mol. The number of hydrogen-bond acceptors (Lipinski definition) is 3. The third-order valence-electron chi connectivity index (χ3n) is 2.79. The molecule has 0 bridgehead atoms. The van der Waals surface area contributed by atoms with Gasteiger partial charge in [0.1, 0.15) is 11.5 Å². The van der Waals surface area contributed by atoms with Gasteiger partial charge in [0.25, 0.3) is 5.91 Å². The van der Waals surface area contributed by atoms with E-state index < -0.39 is 5.91 Å². The molecule has 2 aromatic carbocycles. The molecular weight excluding hydrogens is 242 g/mol. The summed E-state index contributed by atoms with van der Waals surface area (Å²) in [6.07, 6.45) is 0.991. The van der Waals surface area contributed by atoms with Crippen LogP contribution in [0.2, 0.25) is 0 Å². The highest BCUT2D eigenvalue weighted by atomic mass is 16.5. The third-order valence-corrected chi connectivity index (χ3v) is 2.79. The Bertz CT molecular complexity index is 547. The molecule has 0 radical (unpaired) electrons. The summed E-state index contributed by atoms with van der Waals surface area (Å²) in [5.74, 6) is 0.842. The van der Waals surface area contributed by atoms with Gasteiger partial charge in [0.05, 0.1) is 0 Å². The van der Waals surface area contributed by atoms with Crippen LogP contribution < -0.4 is 10.2 Å². The van der Waals surface area contributed by atoms with Crippen molar-refractivity contribution in [2.75, 3.05) is 0 Å². The summed E-state index contributed by atoms with van der Waals surface area (Å²) in [6.45, 7) is 2.10. The molecule has 0 aliphatic carbocycles. The van der Waals surface area contributed by atoms with E-state index in [2.05, 4.69) is 6.92 Å². The Balaban J connectivity index is 2.08. The SMILES string of the molecule is CCc1ccc(Oc2ccc(C(=O)NO)cc2)cc1. The van der Waals surface area contributed by atoms with E-state index in [-0.39, 0.29) is 0 Å². The first-order chi connectivity index (χ1) is 9.22. The summed E-state index contributed by atoms with van der Waals surface area (Å²) in [4.78, 5) is 11.2. The normalized spacial score (nSPS) is 10.0. The first-order valence-electron chi connectivity index (χ1n) is 6.04. The summed E-state index contributed by atoms with van der Waals surface area (Å²) in [5.41, 5.74) is 3.21. The van der Waals surface area contributed by atoms with E-state index in [0.29, 0.717) is 11.3 Å². The van der Waals surface area contributed by atoms with Crippen LogP contribution in [0.4, 0.5) is 0 Å². The van der Waals surface area contributed by atoms with Crippen LogP contribution >= 0.6 is 0 Å². The lowest BCUT2D eigenvalue weighted by Gasteiger charge is -2.07. The number of hydroxylamine groups is 1. The van der Waals surface area contributed by atoms with Crippen molar-refractivity contribution >= 4 is 5.91 Å². The number of hydrogen-bond donors (Lipinski definition) is 2. The lowest BCUT2D eigenvalue weighted by molar-refractivity contribution is 0.0706. The van der Waals surface area contributed by atoms with Crippen LogP contribution in [0, 0.1) is 0 Å². The Morgan fingerprint density at radius 3 is 2.05 bits per heavy atom. The molecular formula is C15H15NO3. The number of amides is 1. The Morgan fingerprint density at radius 1 is 1.05 bits per heavy atom. The third kappa shape index (κ3) is 3.33. The standard InChI is InChI=1S/C15H15NO3/c1-2-11-3-7-13(8-4-11)19-14-9-5-12(6-10-14)15(17)16-18/h3-10,18H,2H2,1H3,(H,16,17). The maximum absolute atomic E-state index is 11.2. The van der Waals surface area contributed by atoms with Crippen LogP contribution in [0.1, 0.15) is 22.8 Å². The Labute approximate surface area is 111 Å². The quantitative estimate of drug-likeness (QED) is 0.653. The molecule has 0 heterocycles. The predicted molar refractivity (Wildman–Crippen MR) is 71.6 cm³/mol. The molecule has 0 spiro atoms. The van der Waals surface area contributed by atoms with Crippen molar-refractivity contribution < 1.29 is 14.7 Å². The van der Waals surface area contributed by atoms with Crippen molar-refractivity contribution in [1.82, 2.24) is 5.48 Å². The van der Waals surface area contributed by atoms with Crippen LogP contribution in [-0.2, 0) is 6.42 Å². The van der Waals surface area contributed by atoms with E-state index in [9.17, 15) is 4.79 Å². The molecule has 0 unspecified atom stereocenters. The minimum Gasteiger partial charge on any atom is -0.457 e. The highest BCUT2D eigenvalue weighted by Gasteiger charge is 2.04. The van der Waals surface area contributed by atoms with Gasteiger partial charge in [0.15, 0.2) is 0 Å². The van der Waals surface area contributed by atoms with Crippen LogP contribution in [0.25, 0.3) is 0 Å². The fourth-order valence-electron chi connectivity index (χ4n) is 1.67. The molecule has 0 aliphatic rings. The van der Waals surface area contributed by atoms with Crippen molar-refractivity contribution in [2.45, 2.75) is 13.3 Å². The first-order valence-corrected chi connectivity index (χ1v) is 6.04. The summed E-state index contributed by atoms with van der Waals surface area (Å²) in [5, 5.41) is 8.51. The van der Waals surface area contributed by atoms with E-state index >= 15 is 0 Å². The average Bonchev–Trinajstić information content (AvgIpc) is 2.48. The van der Waals surface area contributed by atoms with Gasteiger partial charge in [0, 0.05) is 5.56 Å². The molecule has 0 aliphatic heterocycles. The zero-order valence-electron chi connectivity index (χ0n) is 10.6. The fraction of sp³-hybridized carbons (Fsp3) is 0.133. The molecule has 0 fully saturated rings. The summed E-state index contributed by atoms with van der Waals surface area (Å²) < 4.78 is 5.65. The number of rotatable bonds is 4. The number of carbonyl (C=O) groups is 1. The second-order valence-corrected chi connectivity index (χ2v) is 4.06. The molecule has 0 saturated heterocycles. The molecule has 2 rings (SSSR count). The molecule has 0 atom stereocenters. The van der Waals surface area contributed by atoms with Crippen molar-refractivity contribution in [2.24, 2.45) is 0 Å². The highest BCUT2D eigenvalue weighted by Crippen LogP contribution is 2.22. The van der Waals surface area contributed by atoms with Crippen LogP contribution in [-0.4, -0.2) is 11.1 Å². The van der Waals surface area contributed by atoms with Crippen molar-refractivity contribution in [3.05, 3.63) is 59.7 Å². The van der Waals surface area contributed by atoms with Gasteiger partial charge < -0.3 is 4.74 Å². The molecule has 2 N–H and O–H groups in total. The second kappa shape index (κ2) is 6.02.